The van der Waals surface area contributed by atoms with Crippen LogP contribution in [0, 0.1) is 17.3 Å². The molecule has 70 valence electrons. The molecule has 0 N–H and O–H groups in total. The lowest BCUT2D eigenvalue weighted by Gasteiger charge is -2.34. The Morgan fingerprint density at radius 1 is 1.00 bits per heavy atom. The molecule has 0 heterocycles. The smallest absolute Gasteiger partial charge is 0.0171 e. The van der Waals surface area contributed by atoms with Crippen LogP contribution in [0.1, 0.15) is 38.5 Å². The van der Waals surface area contributed by atoms with Crippen molar-refractivity contribution in [1.29, 1.82) is 0 Å². The third-order valence-corrected chi connectivity index (χ3v) is 4.41. The third-order valence-electron chi connectivity index (χ3n) is 4.41. The van der Waals surface area contributed by atoms with Crippen LogP contribution in [-0.2, 0) is 0 Å². The summed E-state index contributed by atoms with van der Waals surface area (Å²) < 4.78 is 0. The molecular formula is C13H18. The van der Waals surface area contributed by atoms with Crippen molar-refractivity contribution in [2.45, 2.75) is 38.5 Å². The molecule has 0 amide bonds. The SMILES string of the molecule is C1=CCCC2(CC1)CC1C=CC2C1. The molecule has 2 unspecified atom stereocenters. The Hall–Kier alpha value is -0.520. The van der Waals surface area contributed by atoms with Crippen molar-refractivity contribution in [3.63, 3.8) is 0 Å². The van der Waals surface area contributed by atoms with E-state index in [1.54, 1.807) is 0 Å². The first-order chi connectivity index (χ1) is 6.39. The quantitative estimate of drug-likeness (QED) is 0.491. The average Bonchev–Trinajstić information content (AvgIpc) is 2.63. The van der Waals surface area contributed by atoms with E-state index < -0.39 is 0 Å². The van der Waals surface area contributed by atoms with Gasteiger partial charge < -0.3 is 0 Å². The first-order valence-electron chi connectivity index (χ1n) is 5.72. The van der Waals surface area contributed by atoms with Crippen molar-refractivity contribution >= 4 is 0 Å². The average molecular weight is 174 g/mol. The molecule has 0 aromatic carbocycles. The highest BCUT2D eigenvalue weighted by atomic mass is 14.5. The van der Waals surface area contributed by atoms with Crippen LogP contribution in [0.5, 0.6) is 0 Å². The number of hydrogen-bond donors (Lipinski definition) is 0. The minimum Gasteiger partial charge on any atom is -0.0885 e. The van der Waals surface area contributed by atoms with E-state index in [0.29, 0.717) is 0 Å². The Kier molecular flexibility index (Phi) is 1.65. The van der Waals surface area contributed by atoms with Crippen LogP contribution in [0.4, 0.5) is 0 Å². The molecule has 3 rings (SSSR count). The summed E-state index contributed by atoms with van der Waals surface area (Å²) in [5.74, 6) is 1.89. The molecule has 0 nitrogen and oxygen atoms in total. The zero-order valence-corrected chi connectivity index (χ0v) is 8.21. The molecule has 2 bridgehead atoms. The molecule has 3 aliphatic carbocycles. The minimum atomic E-state index is 0.725. The van der Waals surface area contributed by atoms with Gasteiger partial charge in [0, 0.05) is 0 Å². The van der Waals surface area contributed by atoms with Gasteiger partial charge in [0.25, 0.3) is 0 Å². The van der Waals surface area contributed by atoms with Gasteiger partial charge >= 0.3 is 0 Å². The van der Waals surface area contributed by atoms with E-state index in [9.17, 15) is 0 Å². The Bertz CT molecular complexity index is 249. The molecule has 0 aromatic rings. The predicted molar refractivity (Wildman–Crippen MR) is 55.4 cm³/mol. The van der Waals surface area contributed by atoms with Crippen molar-refractivity contribution in [3.05, 3.63) is 24.3 Å². The van der Waals surface area contributed by atoms with Gasteiger partial charge in [0.15, 0.2) is 0 Å². The maximum absolute atomic E-state index is 2.51. The highest BCUT2D eigenvalue weighted by Crippen LogP contribution is 2.57. The minimum absolute atomic E-state index is 0.725. The lowest BCUT2D eigenvalue weighted by molar-refractivity contribution is 0.196. The summed E-state index contributed by atoms with van der Waals surface area (Å²) in [6, 6.07) is 0. The fourth-order valence-electron chi connectivity index (χ4n) is 3.73. The lowest BCUT2D eigenvalue weighted by Crippen LogP contribution is -2.24. The number of fused-ring (bicyclic) bond motifs is 3. The number of rotatable bonds is 0. The van der Waals surface area contributed by atoms with E-state index in [-0.39, 0.29) is 0 Å². The Labute approximate surface area is 80.7 Å². The molecule has 0 aromatic heterocycles. The van der Waals surface area contributed by atoms with Gasteiger partial charge in [-0.05, 0) is 55.8 Å². The molecule has 1 saturated carbocycles. The summed E-state index contributed by atoms with van der Waals surface area (Å²) in [4.78, 5) is 0. The molecule has 1 fully saturated rings. The number of allylic oxidation sites excluding steroid dienone is 4. The monoisotopic (exact) mass is 174 g/mol. The van der Waals surface area contributed by atoms with Crippen molar-refractivity contribution in [2.75, 3.05) is 0 Å². The zero-order valence-electron chi connectivity index (χ0n) is 8.21. The molecule has 3 aliphatic rings. The summed E-state index contributed by atoms with van der Waals surface area (Å²) in [5.41, 5.74) is 0.725. The molecule has 0 saturated heterocycles. The first-order valence-corrected chi connectivity index (χ1v) is 5.72. The van der Waals surface area contributed by atoms with Gasteiger partial charge in [-0.1, -0.05) is 24.3 Å². The van der Waals surface area contributed by atoms with E-state index in [4.69, 9.17) is 0 Å². The summed E-state index contributed by atoms with van der Waals surface area (Å²) >= 11 is 0. The molecular weight excluding hydrogens is 156 g/mol. The highest BCUT2D eigenvalue weighted by molar-refractivity contribution is 5.16. The van der Waals surface area contributed by atoms with Crippen molar-refractivity contribution in [2.24, 2.45) is 17.3 Å². The van der Waals surface area contributed by atoms with Gasteiger partial charge in [-0.3, -0.25) is 0 Å². The fraction of sp³-hybridized carbons (Fsp3) is 0.692. The lowest BCUT2D eigenvalue weighted by atomic mass is 9.70. The van der Waals surface area contributed by atoms with Gasteiger partial charge in [-0.15, -0.1) is 0 Å². The molecule has 0 heteroatoms. The van der Waals surface area contributed by atoms with E-state index in [2.05, 4.69) is 24.3 Å². The van der Waals surface area contributed by atoms with E-state index in [0.717, 1.165) is 17.3 Å². The molecule has 0 radical (unpaired) electrons. The van der Waals surface area contributed by atoms with Crippen LogP contribution in [0.25, 0.3) is 0 Å². The Morgan fingerprint density at radius 2 is 1.77 bits per heavy atom. The van der Waals surface area contributed by atoms with Crippen LogP contribution < -0.4 is 0 Å². The standard InChI is InChI=1S/C13H18/c1-2-4-8-13(7-3-1)10-11-5-6-12(13)9-11/h1-2,5-6,11-12H,3-4,7-10H2. The van der Waals surface area contributed by atoms with Crippen LogP contribution in [-0.4, -0.2) is 0 Å². The first kappa shape index (κ1) is 7.84. The summed E-state index contributed by atoms with van der Waals surface area (Å²) in [6.07, 6.45) is 18.3. The Morgan fingerprint density at radius 3 is 2.31 bits per heavy atom. The topological polar surface area (TPSA) is 0 Å². The van der Waals surface area contributed by atoms with E-state index in [1.807, 2.05) is 0 Å². The van der Waals surface area contributed by atoms with Gasteiger partial charge in [0.05, 0.1) is 0 Å². The van der Waals surface area contributed by atoms with Gasteiger partial charge in [-0.2, -0.15) is 0 Å². The summed E-state index contributed by atoms with van der Waals surface area (Å²) in [7, 11) is 0. The zero-order chi connectivity index (χ0) is 8.73. The van der Waals surface area contributed by atoms with Crippen molar-refractivity contribution in [1.82, 2.24) is 0 Å². The highest BCUT2D eigenvalue weighted by Gasteiger charge is 2.47. The Balaban J connectivity index is 1.85. The van der Waals surface area contributed by atoms with Gasteiger partial charge in [0.2, 0.25) is 0 Å². The normalized spacial score (nSPS) is 40.0. The van der Waals surface area contributed by atoms with Gasteiger partial charge in [0.1, 0.15) is 0 Å². The molecule has 1 spiro atoms. The van der Waals surface area contributed by atoms with Crippen LogP contribution in [0.3, 0.4) is 0 Å². The second kappa shape index (κ2) is 2.73. The predicted octanol–water partition coefficient (Wildman–Crippen LogP) is 3.70. The maximum Gasteiger partial charge on any atom is -0.0171 e. The van der Waals surface area contributed by atoms with Crippen LogP contribution >= 0.6 is 0 Å². The van der Waals surface area contributed by atoms with Gasteiger partial charge in [-0.25, -0.2) is 0 Å². The summed E-state index contributed by atoms with van der Waals surface area (Å²) in [5, 5.41) is 0. The third kappa shape index (κ3) is 1.11. The number of hydrogen-bond acceptors (Lipinski definition) is 0. The molecule has 13 heavy (non-hydrogen) atoms. The molecule has 0 aliphatic heterocycles. The second-order valence-electron chi connectivity index (χ2n) is 5.10. The van der Waals surface area contributed by atoms with E-state index in [1.165, 1.54) is 38.5 Å². The molecule has 2 atom stereocenters. The van der Waals surface area contributed by atoms with Crippen molar-refractivity contribution in [3.8, 4) is 0 Å². The summed E-state index contributed by atoms with van der Waals surface area (Å²) in [6.45, 7) is 0. The van der Waals surface area contributed by atoms with E-state index >= 15 is 0 Å². The fourth-order valence-corrected chi connectivity index (χ4v) is 3.73. The maximum atomic E-state index is 2.51. The van der Waals surface area contributed by atoms with Crippen LogP contribution in [0.2, 0.25) is 0 Å². The largest absolute Gasteiger partial charge is 0.0885 e. The van der Waals surface area contributed by atoms with Crippen LogP contribution in [0.15, 0.2) is 24.3 Å². The second-order valence-corrected chi connectivity index (χ2v) is 5.10. The van der Waals surface area contributed by atoms with Crippen molar-refractivity contribution < 1.29 is 0 Å².